The molecule has 152 valence electrons. The van der Waals surface area contributed by atoms with E-state index in [2.05, 4.69) is 4.98 Å². The van der Waals surface area contributed by atoms with Crippen LogP contribution in [0.1, 0.15) is 58.2 Å². The minimum absolute atomic E-state index is 0.0814. The van der Waals surface area contributed by atoms with Crippen molar-refractivity contribution in [2.24, 2.45) is 0 Å². The Morgan fingerprint density at radius 1 is 1.32 bits per heavy atom. The van der Waals surface area contributed by atoms with Crippen molar-refractivity contribution >= 4 is 27.3 Å². The van der Waals surface area contributed by atoms with E-state index in [0.717, 1.165) is 23.3 Å². The molecule has 0 amide bonds. The monoisotopic (exact) mass is 426 g/mol. The second kappa shape index (κ2) is 8.67. The number of carboxylic acid groups (broad SMARTS) is 1. The molecule has 0 aliphatic carbocycles. The predicted octanol–water partition coefficient (Wildman–Crippen LogP) is 3.64. The Morgan fingerprint density at radius 2 is 2.04 bits per heavy atom. The van der Waals surface area contributed by atoms with Gasteiger partial charge in [0, 0.05) is 6.54 Å². The summed E-state index contributed by atoms with van der Waals surface area (Å²) in [5.41, 5.74) is 1.34. The van der Waals surface area contributed by atoms with Gasteiger partial charge in [0.05, 0.1) is 17.5 Å². The lowest BCUT2D eigenvalue weighted by Gasteiger charge is -2.22. The van der Waals surface area contributed by atoms with E-state index >= 15 is 0 Å². The fourth-order valence-electron chi connectivity index (χ4n) is 3.46. The summed E-state index contributed by atoms with van der Waals surface area (Å²) in [5.74, 6) is -1.29. The topological polar surface area (TPSA) is 87.6 Å². The number of sulfonamides is 1. The quantitative estimate of drug-likeness (QED) is 0.696. The van der Waals surface area contributed by atoms with Gasteiger partial charge in [0.2, 0.25) is 10.0 Å². The number of hydrogen-bond acceptors (Lipinski definition) is 5. The van der Waals surface area contributed by atoms with Crippen LogP contribution in [-0.2, 0) is 22.9 Å². The average molecular weight is 427 g/mol. The number of nitrogens with zero attached hydrogens (tertiary/aromatic N) is 2. The van der Waals surface area contributed by atoms with Crippen LogP contribution < -0.4 is 0 Å². The smallest absolute Gasteiger partial charge is 0.347 e. The summed E-state index contributed by atoms with van der Waals surface area (Å²) < 4.78 is 39.6. The van der Waals surface area contributed by atoms with Gasteiger partial charge >= 0.3 is 5.97 Å². The number of aryl methyl sites for hydroxylation is 2. The molecule has 1 aromatic carbocycles. The number of carboxylic acids is 1. The second-order valence-corrected chi connectivity index (χ2v) is 9.92. The molecule has 0 spiro atoms. The molecule has 1 fully saturated rings. The van der Waals surface area contributed by atoms with Gasteiger partial charge in [-0.15, -0.1) is 11.3 Å². The van der Waals surface area contributed by atoms with E-state index < -0.39 is 16.0 Å². The Hall–Kier alpha value is -1.84. The summed E-state index contributed by atoms with van der Waals surface area (Å²) in [7, 11) is -3.37. The lowest BCUT2D eigenvalue weighted by atomic mass is 10.1. The zero-order valence-electron chi connectivity index (χ0n) is 15.6. The molecule has 1 aliphatic rings. The van der Waals surface area contributed by atoms with Gasteiger partial charge in [0.15, 0.2) is 0 Å². The van der Waals surface area contributed by atoms with Gasteiger partial charge in [-0.2, -0.15) is 4.31 Å². The highest BCUT2D eigenvalue weighted by molar-refractivity contribution is 7.89. The molecular weight excluding hydrogens is 403 g/mol. The molecule has 0 bridgehead atoms. The zero-order chi connectivity index (χ0) is 20.3. The van der Waals surface area contributed by atoms with Crippen LogP contribution in [0, 0.1) is 5.82 Å². The average Bonchev–Trinajstić information content (AvgIpc) is 3.28. The number of hydrogen-bond donors (Lipinski definition) is 1. The van der Waals surface area contributed by atoms with Gasteiger partial charge < -0.3 is 5.11 Å². The van der Waals surface area contributed by atoms with E-state index in [0.29, 0.717) is 42.9 Å². The molecular formula is C19H23FN2O4S2. The highest BCUT2D eigenvalue weighted by atomic mass is 32.2. The van der Waals surface area contributed by atoms with Crippen LogP contribution in [0.4, 0.5) is 4.39 Å². The van der Waals surface area contributed by atoms with Crippen LogP contribution in [0.15, 0.2) is 24.3 Å². The number of carbonyl (C=O) groups is 1. The SMILES string of the molecule is CCCS(=O)(=O)N1CCC[C@H]1c1nc(CCc2ccc(F)cc2)c(C(=O)O)s1. The summed E-state index contributed by atoms with van der Waals surface area (Å²) in [6.07, 6.45) is 2.85. The van der Waals surface area contributed by atoms with Crippen molar-refractivity contribution in [1.29, 1.82) is 0 Å². The van der Waals surface area contributed by atoms with Gasteiger partial charge in [-0.1, -0.05) is 19.1 Å². The number of rotatable bonds is 8. The van der Waals surface area contributed by atoms with Gasteiger partial charge in [0.25, 0.3) is 0 Å². The van der Waals surface area contributed by atoms with E-state index in [-0.39, 0.29) is 22.5 Å². The number of thiazole rings is 1. The number of halogens is 1. The third kappa shape index (κ3) is 4.59. The van der Waals surface area contributed by atoms with Crippen molar-refractivity contribution < 1.29 is 22.7 Å². The van der Waals surface area contributed by atoms with E-state index in [9.17, 15) is 22.7 Å². The van der Waals surface area contributed by atoms with E-state index in [1.165, 1.54) is 16.4 Å². The first-order valence-electron chi connectivity index (χ1n) is 9.28. The highest BCUT2D eigenvalue weighted by Gasteiger charge is 2.37. The minimum atomic E-state index is -3.37. The molecule has 1 aliphatic heterocycles. The van der Waals surface area contributed by atoms with Crippen molar-refractivity contribution in [2.45, 2.75) is 45.1 Å². The standard InChI is InChI=1S/C19H23FN2O4S2/c1-2-12-28(25,26)22-11-3-4-16(22)18-21-15(17(27-18)19(23)24)10-7-13-5-8-14(20)9-6-13/h5-6,8-9,16H,2-4,7,10-12H2,1H3,(H,23,24)/t16-/m0/s1. The van der Waals surface area contributed by atoms with Crippen molar-refractivity contribution in [3.05, 3.63) is 51.2 Å². The Labute approximate surface area is 168 Å². The first-order valence-corrected chi connectivity index (χ1v) is 11.7. The summed E-state index contributed by atoms with van der Waals surface area (Å²) in [4.78, 5) is 16.4. The Bertz CT molecular complexity index is 941. The lowest BCUT2D eigenvalue weighted by Crippen LogP contribution is -2.32. The number of benzene rings is 1. The summed E-state index contributed by atoms with van der Waals surface area (Å²) in [6, 6.07) is 5.68. The normalized spacial score (nSPS) is 17.9. The van der Waals surface area contributed by atoms with Gasteiger partial charge in [0.1, 0.15) is 15.7 Å². The lowest BCUT2D eigenvalue weighted by molar-refractivity contribution is 0.0700. The molecule has 0 radical (unpaired) electrons. The Balaban J connectivity index is 1.83. The Morgan fingerprint density at radius 3 is 2.68 bits per heavy atom. The molecule has 28 heavy (non-hydrogen) atoms. The number of aromatic nitrogens is 1. The van der Waals surface area contributed by atoms with Crippen molar-refractivity contribution in [1.82, 2.24) is 9.29 Å². The maximum absolute atomic E-state index is 13.0. The molecule has 9 heteroatoms. The van der Waals surface area contributed by atoms with E-state index in [1.54, 1.807) is 12.1 Å². The van der Waals surface area contributed by atoms with E-state index in [4.69, 9.17) is 0 Å². The Kier molecular flexibility index (Phi) is 6.47. The zero-order valence-corrected chi connectivity index (χ0v) is 17.2. The molecule has 1 atom stereocenters. The summed E-state index contributed by atoms with van der Waals surface area (Å²) in [6.45, 7) is 2.27. The molecule has 1 aromatic heterocycles. The van der Waals surface area contributed by atoms with Crippen LogP contribution in [0.2, 0.25) is 0 Å². The maximum Gasteiger partial charge on any atom is 0.347 e. The molecule has 6 nitrogen and oxygen atoms in total. The van der Waals surface area contributed by atoms with Crippen molar-refractivity contribution in [3.8, 4) is 0 Å². The van der Waals surface area contributed by atoms with E-state index in [1.807, 2.05) is 6.92 Å². The number of aromatic carboxylic acids is 1. The summed E-state index contributed by atoms with van der Waals surface area (Å²) >= 11 is 1.06. The first-order chi connectivity index (χ1) is 13.3. The third-order valence-corrected chi connectivity index (χ3v) is 8.04. The van der Waals surface area contributed by atoms with Gasteiger partial charge in [-0.3, -0.25) is 0 Å². The molecule has 1 saturated heterocycles. The van der Waals surface area contributed by atoms with Gasteiger partial charge in [-0.05, 0) is 49.8 Å². The molecule has 2 heterocycles. The van der Waals surface area contributed by atoms with Crippen LogP contribution in [0.3, 0.4) is 0 Å². The van der Waals surface area contributed by atoms with Crippen molar-refractivity contribution in [2.75, 3.05) is 12.3 Å². The van der Waals surface area contributed by atoms with Crippen LogP contribution in [0.25, 0.3) is 0 Å². The molecule has 0 unspecified atom stereocenters. The van der Waals surface area contributed by atoms with Crippen LogP contribution >= 0.6 is 11.3 Å². The second-order valence-electron chi connectivity index (χ2n) is 6.84. The van der Waals surface area contributed by atoms with Crippen LogP contribution in [-0.4, -0.2) is 41.1 Å². The molecule has 0 saturated carbocycles. The molecule has 3 rings (SSSR count). The minimum Gasteiger partial charge on any atom is -0.477 e. The predicted molar refractivity (Wildman–Crippen MR) is 106 cm³/mol. The summed E-state index contributed by atoms with van der Waals surface area (Å²) in [5, 5.41) is 10.1. The first kappa shape index (κ1) is 20.9. The fourth-order valence-corrected chi connectivity index (χ4v) is 6.37. The maximum atomic E-state index is 13.0. The highest BCUT2D eigenvalue weighted by Crippen LogP contribution is 2.37. The van der Waals surface area contributed by atoms with Crippen molar-refractivity contribution in [3.63, 3.8) is 0 Å². The molecule has 2 aromatic rings. The fraction of sp³-hybridized carbons (Fsp3) is 0.474. The van der Waals surface area contributed by atoms with Gasteiger partial charge in [-0.25, -0.2) is 22.6 Å². The molecule has 1 N–H and O–H groups in total. The van der Waals surface area contributed by atoms with Crippen LogP contribution in [0.5, 0.6) is 0 Å². The largest absolute Gasteiger partial charge is 0.477 e. The third-order valence-electron chi connectivity index (χ3n) is 4.78.